The lowest BCUT2D eigenvalue weighted by molar-refractivity contribution is -0.0985. The maximum atomic E-state index is 5.42. The van der Waals surface area contributed by atoms with Gasteiger partial charge < -0.3 is 9.64 Å². The lowest BCUT2D eigenvalue weighted by Crippen LogP contribution is -2.44. The molecule has 0 saturated carbocycles. The van der Waals surface area contributed by atoms with Gasteiger partial charge in [0.05, 0.1) is 13.2 Å². The summed E-state index contributed by atoms with van der Waals surface area (Å²) in [6.45, 7) is 9.53. The third kappa shape index (κ3) is 2.97. The monoisotopic (exact) mass is 397 g/mol. The van der Waals surface area contributed by atoms with Crippen LogP contribution in [0.2, 0.25) is 0 Å². The maximum absolute atomic E-state index is 5.42. The van der Waals surface area contributed by atoms with Gasteiger partial charge in [-0.05, 0) is 31.7 Å². The number of pyridine rings is 1. The third-order valence-corrected chi connectivity index (χ3v) is 6.95. The van der Waals surface area contributed by atoms with E-state index in [9.17, 15) is 0 Å². The molecule has 5 heterocycles. The minimum atomic E-state index is 0.366. The minimum Gasteiger partial charge on any atom is -0.380 e. The fourth-order valence-corrected chi connectivity index (χ4v) is 5.17. The molecular weight excluding hydrogens is 378 g/mol. The molecule has 5 rings (SSSR count). The van der Waals surface area contributed by atoms with Crippen molar-refractivity contribution in [3.8, 4) is 22.0 Å². The maximum Gasteiger partial charge on any atom is 0.209 e. The molecule has 2 fully saturated rings. The number of rotatable bonds is 4. The first-order chi connectivity index (χ1) is 13.2. The van der Waals surface area contributed by atoms with Crippen molar-refractivity contribution in [2.45, 2.75) is 13.3 Å². The Morgan fingerprint density at radius 1 is 1.22 bits per heavy atom. The molecule has 0 aromatic carbocycles. The number of ether oxygens (including phenoxy) is 1. The summed E-state index contributed by atoms with van der Waals surface area (Å²) >= 11 is 3.09. The van der Waals surface area contributed by atoms with Crippen molar-refractivity contribution in [3.05, 3.63) is 28.6 Å². The summed E-state index contributed by atoms with van der Waals surface area (Å²) in [5, 5.41) is 5.63. The van der Waals surface area contributed by atoms with Crippen LogP contribution in [0.1, 0.15) is 12.0 Å². The summed E-state index contributed by atoms with van der Waals surface area (Å²) in [7, 11) is 0. The normalized spacial score (nSPS) is 18.0. The van der Waals surface area contributed by atoms with Crippen molar-refractivity contribution in [2.24, 2.45) is 10.4 Å². The van der Waals surface area contributed by atoms with Gasteiger partial charge in [-0.1, -0.05) is 0 Å². The Morgan fingerprint density at radius 3 is 2.70 bits per heavy atom. The molecule has 8 heteroatoms. The van der Waals surface area contributed by atoms with E-state index in [1.54, 1.807) is 11.3 Å². The Kier molecular flexibility index (Phi) is 4.07. The van der Waals surface area contributed by atoms with Gasteiger partial charge in [0.2, 0.25) is 5.13 Å². The van der Waals surface area contributed by atoms with Gasteiger partial charge >= 0.3 is 0 Å². The molecular formula is C19H19N5OS2. The smallest absolute Gasteiger partial charge is 0.209 e. The molecule has 2 saturated heterocycles. The molecule has 0 unspecified atom stereocenters. The zero-order valence-electron chi connectivity index (χ0n) is 15.0. The van der Waals surface area contributed by atoms with Gasteiger partial charge in [-0.3, -0.25) is 0 Å². The van der Waals surface area contributed by atoms with Gasteiger partial charge in [-0.2, -0.15) is 0 Å². The van der Waals surface area contributed by atoms with Crippen LogP contribution in [-0.2, 0) is 4.74 Å². The van der Waals surface area contributed by atoms with Crippen molar-refractivity contribution in [3.63, 3.8) is 0 Å². The van der Waals surface area contributed by atoms with E-state index in [2.05, 4.69) is 34.6 Å². The Balaban J connectivity index is 1.39. The molecule has 0 atom stereocenters. The first-order valence-electron chi connectivity index (χ1n) is 8.84. The van der Waals surface area contributed by atoms with Gasteiger partial charge in [-0.15, -0.1) is 22.7 Å². The second-order valence-corrected chi connectivity index (χ2v) is 8.93. The number of hydrogen-bond donors (Lipinski definition) is 0. The van der Waals surface area contributed by atoms with Crippen LogP contribution in [0.3, 0.4) is 0 Å². The van der Waals surface area contributed by atoms with E-state index < -0.39 is 0 Å². The summed E-state index contributed by atoms with van der Waals surface area (Å²) in [5.41, 5.74) is 4.35. The van der Waals surface area contributed by atoms with Crippen molar-refractivity contribution >= 4 is 40.3 Å². The van der Waals surface area contributed by atoms with E-state index in [0.29, 0.717) is 10.5 Å². The van der Waals surface area contributed by atoms with Crippen LogP contribution in [0.15, 0.2) is 28.0 Å². The van der Waals surface area contributed by atoms with Crippen molar-refractivity contribution in [2.75, 3.05) is 31.2 Å². The van der Waals surface area contributed by atoms with E-state index in [1.807, 2.05) is 17.0 Å². The van der Waals surface area contributed by atoms with Crippen LogP contribution >= 0.6 is 22.7 Å². The van der Waals surface area contributed by atoms with Gasteiger partial charge in [-0.25, -0.2) is 19.9 Å². The molecule has 0 radical (unpaired) electrons. The van der Waals surface area contributed by atoms with E-state index in [-0.39, 0.29) is 0 Å². The average Bonchev–Trinajstić information content (AvgIpc) is 3.38. The van der Waals surface area contributed by atoms with Gasteiger partial charge in [0, 0.05) is 41.0 Å². The third-order valence-electron chi connectivity index (χ3n) is 5.30. The van der Waals surface area contributed by atoms with Gasteiger partial charge in [0.15, 0.2) is 0 Å². The summed E-state index contributed by atoms with van der Waals surface area (Å²) in [5.74, 6) is 1.05. The molecule has 1 spiro atoms. The average molecular weight is 398 g/mol. The number of aliphatic imine (C=N–C) groups is 1. The van der Waals surface area contributed by atoms with Crippen molar-refractivity contribution in [1.82, 2.24) is 15.0 Å². The lowest BCUT2D eigenvalue weighted by Gasteiger charge is -2.37. The highest BCUT2D eigenvalue weighted by molar-refractivity contribution is 7.14. The molecule has 27 heavy (non-hydrogen) atoms. The number of hydrogen-bond acceptors (Lipinski definition) is 8. The van der Waals surface area contributed by atoms with Crippen LogP contribution in [0.4, 0.5) is 10.9 Å². The molecule has 0 aliphatic carbocycles. The second kappa shape index (κ2) is 6.47. The summed E-state index contributed by atoms with van der Waals surface area (Å²) in [4.78, 5) is 20.2. The van der Waals surface area contributed by atoms with E-state index >= 15 is 0 Å². The number of nitrogens with zero attached hydrogens (tertiary/aromatic N) is 5. The van der Waals surface area contributed by atoms with Crippen LogP contribution in [0, 0.1) is 12.3 Å². The Bertz CT molecular complexity index is 1010. The van der Waals surface area contributed by atoms with Crippen molar-refractivity contribution < 1.29 is 4.74 Å². The van der Waals surface area contributed by atoms with Gasteiger partial charge in [0.25, 0.3) is 0 Å². The highest BCUT2D eigenvalue weighted by Crippen LogP contribution is 2.40. The van der Waals surface area contributed by atoms with Crippen LogP contribution < -0.4 is 4.90 Å². The van der Waals surface area contributed by atoms with Crippen molar-refractivity contribution in [1.29, 1.82) is 0 Å². The fourth-order valence-electron chi connectivity index (χ4n) is 3.66. The first-order valence-corrected chi connectivity index (χ1v) is 10.6. The zero-order chi connectivity index (χ0) is 18.4. The Morgan fingerprint density at radius 2 is 2.04 bits per heavy atom. The molecule has 3 aromatic heterocycles. The van der Waals surface area contributed by atoms with E-state index in [4.69, 9.17) is 14.7 Å². The molecule has 2 aliphatic heterocycles. The lowest BCUT2D eigenvalue weighted by atomic mass is 9.85. The molecule has 3 aromatic rings. The summed E-state index contributed by atoms with van der Waals surface area (Å²) in [6.07, 6.45) is 3.15. The van der Waals surface area contributed by atoms with E-state index in [0.717, 1.165) is 54.1 Å². The number of thiazole rings is 2. The number of aryl methyl sites for hydroxylation is 1. The molecule has 6 nitrogen and oxygen atoms in total. The molecule has 2 aliphatic rings. The standard InChI is InChI=1S/C19H19N5OS2/c1-12-5-16(24-4-3-19(9-24)10-25-11-19)21-6-13(12)17-22-14(7-26-17)15-8-27-18(20-2)23-15/h5-8H,2-4,9-11H2,1H3. The molecule has 0 amide bonds. The highest BCUT2D eigenvalue weighted by atomic mass is 32.1. The highest BCUT2D eigenvalue weighted by Gasteiger charge is 2.44. The first kappa shape index (κ1) is 17.0. The predicted molar refractivity (Wildman–Crippen MR) is 110 cm³/mol. The largest absolute Gasteiger partial charge is 0.380 e. The minimum absolute atomic E-state index is 0.366. The van der Waals surface area contributed by atoms with Crippen LogP contribution in [0.25, 0.3) is 22.0 Å². The van der Waals surface area contributed by atoms with E-state index in [1.165, 1.54) is 23.3 Å². The number of anilines is 1. The number of aromatic nitrogens is 3. The SMILES string of the molecule is C=Nc1nc(-c2csc(-c3cnc(N4CCC5(COC5)C4)cc3C)n2)cs1. The summed E-state index contributed by atoms with van der Waals surface area (Å²) < 4.78 is 5.42. The Labute approximate surface area is 165 Å². The molecule has 0 N–H and O–H groups in total. The van der Waals surface area contributed by atoms with Gasteiger partial charge in [0.1, 0.15) is 22.2 Å². The summed E-state index contributed by atoms with van der Waals surface area (Å²) in [6, 6.07) is 2.18. The molecule has 0 bridgehead atoms. The Hall–Kier alpha value is -2.16. The predicted octanol–water partition coefficient (Wildman–Crippen LogP) is 4.20. The fraction of sp³-hybridized carbons (Fsp3) is 0.368. The van der Waals surface area contributed by atoms with Crippen LogP contribution in [0.5, 0.6) is 0 Å². The second-order valence-electron chi connectivity index (χ2n) is 7.23. The quantitative estimate of drug-likeness (QED) is 0.618. The molecule has 138 valence electrons. The topological polar surface area (TPSA) is 63.5 Å². The van der Waals surface area contributed by atoms with Crippen LogP contribution in [-0.4, -0.2) is 48.0 Å². The zero-order valence-corrected chi connectivity index (χ0v) is 16.6.